The molecule has 0 aliphatic carbocycles. The summed E-state index contributed by atoms with van der Waals surface area (Å²) in [6.07, 6.45) is 1.40. The molecule has 0 amide bonds. The van der Waals surface area contributed by atoms with Crippen molar-refractivity contribution >= 4 is 22.6 Å². The molecule has 76 valence electrons. The SMILES string of the molecule is OC1(c2ccc(I)cc2)CCOCC1. The first kappa shape index (κ1) is 10.4. The second kappa shape index (κ2) is 4.16. The van der Waals surface area contributed by atoms with Crippen molar-refractivity contribution < 1.29 is 9.84 Å². The normalized spacial score (nSPS) is 20.7. The molecule has 3 heteroatoms. The topological polar surface area (TPSA) is 29.5 Å². The average Bonchev–Trinajstić information content (AvgIpc) is 2.19. The highest BCUT2D eigenvalue weighted by Crippen LogP contribution is 2.31. The fourth-order valence-electron chi connectivity index (χ4n) is 1.76. The summed E-state index contributed by atoms with van der Waals surface area (Å²) >= 11 is 2.27. The molecule has 2 nitrogen and oxygen atoms in total. The van der Waals surface area contributed by atoms with Crippen molar-refractivity contribution in [3.63, 3.8) is 0 Å². The number of aliphatic hydroxyl groups is 1. The van der Waals surface area contributed by atoms with E-state index in [1.54, 1.807) is 0 Å². The van der Waals surface area contributed by atoms with Gasteiger partial charge in [0.05, 0.1) is 5.60 Å². The molecular weight excluding hydrogens is 291 g/mol. The lowest BCUT2D eigenvalue weighted by Crippen LogP contribution is -2.33. The highest BCUT2D eigenvalue weighted by molar-refractivity contribution is 14.1. The Bertz CT molecular complexity index is 302. The van der Waals surface area contributed by atoms with Gasteiger partial charge in [0.15, 0.2) is 0 Å². The van der Waals surface area contributed by atoms with Crippen LogP contribution >= 0.6 is 22.6 Å². The third-order valence-electron chi connectivity index (χ3n) is 2.70. The summed E-state index contributed by atoms with van der Waals surface area (Å²) in [5, 5.41) is 10.4. The predicted molar refractivity (Wildman–Crippen MR) is 63.1 cm³/mol. The van der Waals surface area contributed by atoms with Crippen LogP contribution in [0.2, 0.25) is 0 Å². The van der Waals surface area contributed by atoms with Gasteiger partial charge in [-0.2, -0.15) is 0 Å². The zero-order valence-corrected chi connectivity index (χ0v) is 10.0. The smallest absolute Gasteiger partial charge is 0.0940 e. The Kier molecular flexibility index (Phi) is 3.09. The van der Waals surface area contributed by atoms with Crippen molar-refractivity contribution in [1.82, 2.24) is 0 Å². The average molecular weight is 304 g/mol. The summed E-state index contributed by atoms with van der Waals surface area (Å²) < 4.78 is 6.44. The Morgan fingerprint density at radius 1 is 1.14 bits per heavy atom. The van der Waals surface area contributed by atoms with Crippen LogP contribution in [0.3, 0.4) is 0 Å². The van der Waals surface area contributed by atoms with Gasteiger partial charge >= 0.3 is 0 Å². The van der Waals surface area contributed by atoms with E-state index >= 15 is 0 Å². The van der Waals surface area contributed by atoms with Gasteiger partial charge in [-0.05, 0) is 40.3 Å². The summed E-state index contributed by atoms with van der Waals surface area (Å²) in [6.45, 7) is 1.31. The highest BCUT2D eigenvalue weighted by Gasteiger charge is 2.31. The molecule has 0 radical (unpaired) electrons. The first-order chi connectivity index (χ1) is 6.71. The van der Waals surface area contributed by atoms with E-state index in [4.69, 9.17) is 4.74 Å². The van der Waals surface area contributed by atoms with E-state index in [9.17, 15) is 5.11 Å². The zero-order chi connectivity index (χ0) is 10.0. The van der Waals surface area contributed by atoms with E-state index in [1.807, 2.05) is 24.3 Å². The van der Waals surface area contributed by atoms with Crippen molar-refractivity contribution in [2.24, 2.45) is 0 Å². The highest BCUT2D eigenvalue weighted by atomic mass is 127. The molecule has 0 spiro atoms. The van der Waals surface area contributed by atoms with Crippen LogP contribution in [-0.4, -0.2) is 18.3 Å². The van der Waals surface area contributed by atoms with Crippen LogP contribution in [0.15, 0.2) is 24.3 Å². The molecule has 1 aromatic carbocycles. The Morgan fingerprint density at radius 3 is 2.29 bits per heavy atom. The maximum Gasteiger partial charge on any atom is 0.0940 e. The van der Waals surface area contributed by atoms with E-state index in [2.05, 4.69) is 22.6 Å². The lowest BCUT2D eigenvalue weighted by atomic mass is 9.87. The summed E-state index contributed by atoms with van der Waals surface area (Å²) in [6, 6.07) is 8.08. The second-order valence-corrected chi connectivity index (χ2v) is 4.90. The van der Waals surface area contributed by atoms with Gasteiger partial charge in [0.1, 0.15) is 0 Å². The third-order valence-corrected chi connectivity index (χ3v) is 3.42. The molecule has 1 saturated heterocycles. The van der Waals surface area contributed by atoms with Crippen molar-refractivity contribution in [1.29, 1.82) is 0 Å². The van der Waals surface area contributed by atoms with Crippen molar-refractivity contribution in [2.75, 3.05) is 13.2 Å². The number of hydrogen-bond donors (Lipinski definition) is 1. The van der Waals surface area contributed by atoms with Crippen LogP contribution in [-0.2, 0) is 10.3 Å². The molecule has 1 heterocycles. The van der Waals surface area contributed by atoms with E-state index in [0.29, 0.717) is 26.1 Å². The standard InChI is InChI=1S/C11H13IO2/c12-10-3-1-9(2-4-10)11(13)5-7-14-8-6-11/h1-4,13H,5-8H2. The fraction of sp³-hybridized carbons (Fsp3) is 0.455. The number of ether oxygens (including phenoxy) is 1. The fourth-order valence-corrected chi connectivity index (χ4v) is 2.12. The molecule has 0 aromatic heterocycles. The number of halogens is 1. The lowest BCUT2D eigenvalue weighted by Gasteiger charge is -2.32. The van der Waals surface area contributed by atoms with Gasteiger partial charge in [-0.3, -0.25) is 0 Å². The van der Waals surface area contributed by atoms with Crippen molar-refractivity contribution in [3.8, 4) is 0 Å². The van der Waals surface area contributed by atoms with E-state index in [-0.39, 0.29) is 0 Å². The van der Waals surface area contributed by atoms with Gasteiger partial charge in [-0.25, -0.2) is 0 Å². The largest absolute Gasteiger partial charge is 0.385 e. The van der Waals surface area contributed by atoms with Crippen molar-refractivity contribution in [2.45, 2.75) is 18.4 Å². The third kappa shape index (κ3) is 2.10. The van der Waals surface area contributed by atoms with E-state index in [0.717, 1.165) is 5.56 Å². The zero-order valence-electron chi connectivity index (χ0n) is 7.87. The number of hydrogen-bond acceptors (Lipinski definition) is 2. The Labute approximate surface area is 97.4 Å². The minimum Gasteiger partial charge on any atom is -0.385 e. The molecule has 1 fully saturated rings. The first-order valence-electron chi connectivity index (χ1n) is 4.77. The summed E-state index contributed by atoms with van der Waals surface area (Å²) in [4.78, 5) is 0. The molecule has 14 heavy (non-hydrogen) atoms. The first-order valence-corrected chi connectivity index (χ1v) is 5.85. The van der Waals surface area contributed by atoms with Gasteiger partial charge in [0, 0.05) is 29.6 Å². The Balaban J connectivity index is 2.23. The maximum absolute atomic E-state index is 10.4. The quantitative estimate of drug-likeness (QED) is 0.807. The Hall–Kier alpha value is -0.130. The van der Waals surface area contributed by atoms with Crippen LogP contribution in [0.5, 0.6) is 0 Å². The van der Waals surface area contributed by atoms with Gasteiger partial charge in [0.25, 0.3) is 0 Å². The minimum atomic E-state index is -0.664. The van der Waals surface area contributed by atoms with Gasteiger partial charge in [0.2, 0.25) is 0 Å². The maximum atomic E-state index is 10.4. The van der Waals surface area contributed by atoms with Crippen LogP contribution in [0, 0.1) is 3.57 Å². The van der Waals surface area contributed by atoms with Crippen LogP contribution in [0.25, 0.3) is 0 Å². The monoisotopic (exact) mass is 304 g/mol. The summed E-state index contributed by atoms with van der Waals surface area (Å²) in [7, 11) is 0. The van der Waals surface area contributed by atoms with Gasteiger partial charge < -0.3 is 9.84 Å². The second-order valence-electron chi connectivity index (χ2n) is 3.65. The number of rotatable bonds is 1. The van der Waals surface area contributed by atoms with E-state index in [1.165, 1.54) is 3.57 Å². The summed E-state index contributed by atoms with van der Waals surface area (Å²) in [5.41, 5.74) is 0.351. The molecule has 1 aromatic rings. The number of benzene rings is 1. The molecule has 2 rings (SSSR count). The minimum absolute atomic E-state index is 0.655. The van der Waals surface area contributed by atoms with Crippen molar-refractivity contribution in [3.05, 3.63) is 33.4 Å². The van der Waals surface area contributed by atoms with Crippen LogP contribution < -0.4 is 0 Å². The van der Waals surface area contributed by atoms with Gasteiger partial charge in [-0.1, -0.05) is 12.1 Å². The lowest BCUT2D eigenvalue weighted by molar-refractivity contribution is -0.0679. The van der Waals surface area contributed by atoms with Crippen LogP contribution in [0.1, 0.15) is 18.4 Å². The molecule has 1 aliphatic heterocycles. The molecule has 0 saturated carbocycles. The summed E-state index contributed by atoms with van der Waals surface area (Å²) in [5.74, 6) is 0. The van der Waals surface area contributed by atoms with Crippen LogP contribution in [0.4, 0.5) is 0 Å². The molecule has 0 bridgehead atoms. The molecule has 0 unspecified atom stereocenters. The predicted octanol–water partition coefficient (Wildman–Crippen LogP) is 2.29. The van der Waals surface area contributed by atoms with Gasteiger partial charge in [-0.15, -0.1) is 0 Å². The Morgan fingerprint density at radius 2 is 1.71 bits per heavy atom. The van der Waals surface area contributed by atoms with E-state index < -0.39 is 5.60 Å². The molecule has 1 aliphatic rings. The molecular formula is C11H13IO2. The molecule has 1 N–H and O–H groups in total. The molecule has 0 atom stereocenters.